The second-order valence-electron chi connectivity index (χ2n) is 4.06. The predicted molar refractivity (Wildman–Crippen MR) is 58.3 cm³/mol. The van der Waals surface area contributed by atoms with E-state index in [4.69, 9.17) is 0 Å². The quantitative estimate of drug-likeness (QED) is 0.740. The zero-order valence-corrected chi connectivity index (χ0v) is 9.42. The molecule has 1 N–H and O–H groups in total. The van der Waals surface area contributed by atoms with Crippen molar-refractivity contribution in [3.05, 3.63) is 0 Å². The molecule has 0 atom stereocenters. The average Bonchev–Trinajstić information content (AvgIpc) is 2.13. The Balaban J connectivity index is 2.31. The number of nitrogens with zero attached hydrogens (tertiary/aromatic N) is 1. The topological polar surface area (TPSA) is 49.4 Å². The van der Waals surface area contributed by atoms with Crippen LogP contribution in [0, 0.1) is 0 Å². The van der Waals surface area contributed by atoms with Gasteiger partial charge in [0.05, 0.1) is 6.54 Å². The first kappa shape index (κ1) is 12.0. The molecule has 4 nitrogen and oxygen atoms in total. The molecular weight excluding hydrogens is 192 g/mol. The third-order valence-electron chi connectivity index (χ3n) is 2.70. The third-order valence-corrected chi connectivity index (χ3v) is 2.70. The van der Waals surface area contributed by atoms with Crippen molar-refractivity contribution in [2.75, 3.05) is 19.6 Å². The van der Waals surface area contributed by atoms with Crippen molar-refractivity contribution < 1.29 is 9.59 Å². The number of nitrogens with one attached hydrogen (secondary N) is 1. The molecule has 1 aliphatic heterocycles. The van der Waals surface area contributed by atoms with Gasteiger partial charge in [-0.2, -0.15) is 0 Å². The Kier molecular flexibility index (Phi) is 5.15. The Morgan fingerprint density at radius 1 is 1.07 bits per heavy atom. The molecule has 0 bridgehead atoms. The van der Waals surface area contributed by atoms with Crippen molar-refractivity contribution >= 4 is 11.8 Å². The van der Waals surface area contributed by atoms with Crippen LogP contribution in [0.3, 0.4) is 0 Å². The molecule has 2 amide bonds. The summed E-state index contributed by atoms with van der Waals surface area (Å²) in [5.41, 5.74) is 0. The summed E-state index contributed by atoms with van der Waals surface area (Å²) in [5.74, 6) is -0.0949. The van der Waals surface area contributed by atoms with E-state index in [0.717, 1.165) is 25.9 Å². The third kappa shape index (κ3) is 4.81. The van der Waals surface area contributed by atoms with Gasteiger partial charge in [-0.1, -0.05) is 19.3 Å². The molecule has 0 aliphatic carbocycles. The van der Waals surface area contributed by atoms with Crippen LogP contribution in [0.5, 0.6) is 0 Å². The van der Waals surface area contributed by atoms with Crippen LogP contribution >= 0.6 is 0 Å². The number of likely N-dealkylation sites (tertiary alicyclic amines) is 1. The summed E-state index contributed by atoms with van der Waals surface area (Å²) < 4.78 is 0. The fraction of sp³-hybridized carbons (Fsp3) is 0.818. The van der Waals surface area contributed by atoms with E-state index in [-0.39, 0.29) is 18.4 Å². The summed E-state index contributed by atoms with van der Waals surface area (Å²) in [7, 11) is 0. The highest BCUT2D eigenvalue weighted by Gasteiger charge is 2.14. The van der Waals surface area contributed by atoms with Crippen molar-refractivity contribution in [1.82, 2.24) is 10.2 Å². The fourth-order valence-corrected chi connectivity index (χ4v) is 1.81. The van der Waals surface area contributed by atoms with Crippen molar-refractivity contribution in [2.45, 2.75) is 39.0 Å². The van der Waals surface area contributed by atoms with Gasteiger partial charge < -0.3 is 10.2 Å². The number of rotatable bonds is 2. The maximum absolute atomic E-state index is 11.7. The van der Waals surface area contributed by atoms with E-state index < -0.39 is 0 Å². The molecule has 4 heteroatoms. The monoisotopic (exact) mass is 212 g/mol. The summed E-state index contributed by atoms with van der Waals surface area (Å²) >= 11 is 0. The maximum atomic E-state index is 11.7. The van der Waals surface area contributed by atoms with Crippen LogP contribution in [-0.2, 0) is 9.59 Å². The zero-order chi connectivity index (χ0) is 11.1. The first-order valence-corrected chi connectivity index (χ1v) is 5.72. The van der Waals surface area contributed by atoms with E-state index in [0.29, 0.717) is 0 Å². The molecule has 0 aromatic heterocycles. The SMILES string of the molecule is CC(=O)NCC(=O)N1CCCCCCC1. The van der Waals surface area contributed by atoms with Crippen molar-refractivity contribution in [1.29, 1.82) is 0 Å². The van der Waals surface area contributed by atoms with E-state index in [1.807, 2.05) is 4.90 Å². The van der Waals surface area contributed by atoms with Gasteiger partial charge in [-0.05, 0) is 12.8 Å². The Labute approximate surface area is 91.0 Å². The summed E-state index contributed by atoms with van der Waals surface area (Å²) in [6.07, 6.45) is 5.89. The molecule has 0 unspecified atom stereocenters. The molecule has 0 radical (unpaired) electrons. The van der Waals surface area contributed by atoms with Gasteiger partial charge >= 0.3 is 0 Å². The van der Waals surface area contributed by atoms with E-state index in [1.54, 1.807) is 0 Å². The molecule has 1 heterocycles. The molecule has 1 fully saturated rings. The lowest BCUT2D eigenvalue weighted by molar-refractivity contribution is -0.132. The summed E-state index contributed by atoms with van der Waals surface area (Å²) in [6.45, 7) is 3.27. The molecule has 0 spiro atoms. The smallest absolute Gasteiger partial charge is 0.241 e. The highest BCUT2D eigenvalue weighted by atomic mass is 16.2. The number of hydrogen-bond donors (Lipinski definition) is 1. The zero-order valence-electron chi connectivity index (χ0n) is 9.42. The second kappa shape index (κ2) is 6.43. The first-order chi connectivity index (χ1) is 7.20. The normalized spacial score (nSPS) is 17.8. The number of carbonyl (C=O) groups is 2. The standard InChI is InChI=1S/C11H20N2O2/c1-10(14)12-9-11(15)13-7-5-3-2-4-6-8-13/h2-9H2,1H3,(H,12,14). The minimum Gasteiger partial charge on any atom is -0.347 e. The largest absolute Gasteiger partial charge is 0.347 e. The van der Waals surface area contributed by atoms with Crippen molar-refractivity contribution in [2.24, 2.45) is 0 Å². The maximum Gasteiger partial charge on any atom is 0.241 e. The molecule has 1 rings (SSSR count). The lowest BCUT2D eigenvalue weighted by Crippen LogP contribution is -2.41. The van der Waals surface area contributed by atoms with Gasteiger partial charge in [-0.15, -0.1) is 0 Å². The molecule has 0 saturated carbocycles. The van der Waals surface area contributed by atoms with Gasteiger partial charge in [0, 0.05) is 20.0 Å². The lowest BCUT2D eigenvalue weighted by Gasteiger charge is -2.24. The highest BCUT2D eigenvalue weighted by molar-refractivity contribution is 5.83. The minimum absolute atomic E-state index is 0.0482. The molecular formula is C11H20N2O2. The number of amides is 2. The van der Waals surface area contributed by atoms with E-state index in [9.17, 15) is 9.59 Å². The van der Waals surface area contributed by atoms with Crippen LogP contribution in [-0.4, -0.2) is 36.3 Å². The fourth-order valence-electron chi connectivity index (χ4n) is 1.81. The van der Waals surface area contributed by atoms with E-state index in [1.165, 1.54) is 26.2 Å². The Hall–Kier alpha value is -1.06. The van der Waals surface area contributed by atoms with Gasteiger partial charge in [0.25, 0.3) is 0 Å². The van der Waals surface area contributed by atoms with Crippen LogP contribution in [0.2, 0.25) is 0 Å². The molecule has 1 aliphatic rings. The van der Waals surface area contributed by atoms with Gasteiger partial charge in [-0.3, -0.25) is 9.59 Å². The van der Waals surface area contributed by atoms with E-state index in [2.05, 4.69) is 5.32 Å². The molecule has 15 heavy (non-hydrogen) atoms. The van der Waals surface area contributed by atoms with Crippen LogP contribution in [0.15, 0.2) is 0 Å². The second-order valence-corrected chi connectivity index (χ2v) is 4.06. The number of hydrogen-bond acceptors (Lipinski definition) is 2. The first-order valence-electron chi connectivity index (χ1n) is 5.72. The summed E-state index contributed by atoms with van der Waals surface area (Å²) in [6, 6.07) is 0. The molecule has 0 aromatic carbocycles. The van der Waals surface area contributed by atoms with Crippen LogP contribution in [0.25, 0.3) is 0 Å². The van der Waals surface area contributed by atoms with Gasteiger partial charge in [0.1, 0.15) is 0 Å². The minimum atomic E-state index is -0.143. The van der Waals surface area contributed by atoms with Crippen LogP contribution in [0.1, 0.15) is 39.0 Å². The summed E-state index contributed by atoms with van der Waals surface area (Å²) in [5, 5.41) is 2.55. The molecule has 86 valence electrons. The van der Waals surface area contributed by atoms with Gasteiger partial charge in [-0.25, -0.2) is 0 Å². The highest BCUT2D eigenvalue weighted by Crippen LogP contribution is 2.10. The van der Waals surface area contributed by atoms with Crippen molar-refractivity contribution in [3.8, 4) is 0 Å². The Morgan fingerprint density at radius 2 is 1.60 bits per heavy atom. The van der Waals surface area contributed by atoms with Crippen LogP contribution in [0.4, 0.5) is 0 Å². The Bertz CT molecular complexity index is 221. The van der Waals surface area contributed by atoms with Crippen LogP contribution < -0.4 is 5.32 Å². The van der Waals surface area contributed by atoms with Gasteiger partial charge in [0.2, 0.25) is 11.8 Å². The molecule has 0 aromatic rings. The Morgan fingerprint density at radius 3 is 2.13 bits per heavy atom. The van der Waals surface area contributed by atoms with Crippen molar-refractivity contribution in [3.63, 3.8) is 0 Å². The average molecular weight is 212 g/mol. The molecule has 1 saturated heterocycles. The number of carbonyl (C=O) groups excluding carboxylic acids is 2. The lowest BCUT2D eigenvalue weighted by atomic mass is 10.1. The summed E-state index contributed by atoms with van der Waals surface area (Å²) in [4.78, 5) is 24.2. The predicted octanol–water partition coefficient (Wildman–Crippen LogP) is 0.915. The van der Waals surface area contributed by atoms with Gasteiger partial charge in [0.15, 0.2) is 0 Å². The van der Waals surface area contributed by atoms with E-state index >= 15 is 0 Å².